The summed E-state index contributed by atoms with van der Waals surface area (Å²) in [5, 5.41) is 3.32. The average Bonchev–Trinajstić information content (AvgIpc) is 2.69. The molecule has 0 spiro atoms. The highest BCUT2D eigenvalue weighted by Crippen LogP contribution is 2.13. The summed E-state index contributed by atoms with van der Waals surface area (Å²) in [5.41, 5.74) is 2.48. The first-order chi connectivity index (χ1) is 12.7. The molecule has 0 aliphatic carbocycles. The average molecular weight is 424 g/mol. The maximum Gasteiger partial charge on any atom is 0.236 e. The van der Waals surface area contributed by atoms with E-state index in [0.717, 1.165) is 39.0 Å². The SMILES string of the molecule is CNC1CCN(C(=O)CN(Cc2ccccc2)Cc2ccccc2)CC1.Cl.Cl. The summed E-state index contributed by atoms with van der Waals surface area (Å²) in [6.07, 6.45) is 2.08. The molecular weight excluding hydrogens is 393 g/mol. The Kier molecular flexibility index (Phi) is 11.2. The summed E-state index contributed by atoms with van der Waals surface area (Å²) >= 11 is 0. The molecule has 6 heteroatoms. The number of hydrogen-bond acceptors (Lipinski definition) is 3. The Bertz CT molecular complexity index is 635. The van der Waals surface area contributed by atoms with Gasteiger partial charge in [0.2, 0.25) is 5.91 Å². The molecule has 1 amide bonds. The van der Waals surface area contributed by atoms with Crippen molar-refractivity contribution in [3.05, 3.63) is 71.8 Å². The minimum absolute atomic E-state index is 0. The molecule has 1 fully saturated rings. The Morgan fingerprint density at radius 1 is 0.929 bits per heavy atom. The molecular formula is C22H31Cl2N3O. The van der Waals surface area contributed by atoms with Gasteiger partial charge in [-0.1, -0.05) is 60.7 Å². The van der Waals surface area contributed by atoms with E-state index in [4.69, 9.17) is 0 Å². The number of nitrogens with one attached hydrogen (secondary N) is 1. The maximum atomic E-state index is 12.8. The van der Waals surface area contributed by atoms with Crippen LogP contribution < -0.4 is 5.32 Å². The van der Waals surface area contributed by atoms with Crippen LogP contribution in [-0.2, 0) is 17.9 Å². The number of likely N-dealkylation sites (tertiary alicyclic amines) is 1. The van der Waals surface area contributed by atoms with Gasteiger partial charge in [0, 0.05) is 32.2 Å². The quantitative estimate of drug-likeness (QED) is 0.736. The highest BCUT2D eigenvalue weighted by Gasteiger charge is 2.23. The lowest BCUT2D eigenvalue weighted by molar-refractivity contribution is -0.133. The fourth-order valence-electron chi connectivity index (χ4n) is 3.56. The predicted octanol–water partition coefficient (Wildman–Crippen LogP) is 3.74. The van der Waals surface area contributed by atoms with Crippen LogP contribution in [0, 0.1) is 0 Å². The van der Waals surface area contributed by atoms with Crippen LogP contribution in [0.2, 0.25) is 0 Å². The van der Waals surface area contributed by atoms with Gasteiger partial charge in [-0.25, -0.2) is 0 Å². The first kappa shape index (κ1) is 24.4. The highest BCUT2D eigenvalue weighted by molar-refractivity contribution is 5.85. The molecule has 3 rings (SSSR count). The lowest BCUT2D eigenvalue weighted by Gasteiger charge is -2.33. The molecule has 0 saturated carbocycles. The Hall–Kier alpha value is -1.59. The molecule has 4 nitrogen and oxygen atoms in total. The van der Waals surface area contributed by atoms with Crippen molar-refractivity contribution >= 4 is 30.7 Å². The number of carbonyl (C=O) groups is 1. The lowest BCUT2D eigenvalue weighted by atomic mass is 10.1. The van der Waals surface area contributed by atoms with Crippen molar-refractivity contribution in [2.75, 3.05) is 26.7 Å². The van der Waals surface area contributed by atoms with Crippen molar-refractivity contribution in [3.63, 3.8) is 0 Å². The number of rotatable bonds is 7. The van der Waals surface area contributed by atoms with E-state index in [1.54, 1.807) is 0 Å². The number of nitrogens with zero attached hydrogens (tertiary/aromatic N) is 2. The van der Waals surface area contributed by atoms with Gasteiger partial charge >= 0.3 is 0 Å². The molecule has 0 unspecified atom stereocenters. The number of carbonyl (C=O) groups excluding carboxylic acids is 1. The number of benzene rings is 2. The first-order valence-corrected chi connectivity index (χ1v) is 9.50. The second-order valence-corrected chi connectivity index (χ2v) is 7.06. The second-order valence-electron chi connectivity index (χ2n) is 7.06. The van der Waals surface area contributed by atoms with Gasteiger partial charge in [-0.2, -0.15) is 0 Å². The smallest absolute Gasteiger partial charge is 0.236 e. The molecule has 0 bridgehead atoms. The van der Waals surface area contributed by atoms with Crippen molar-refractivity contribution in [3.8, 4) is 0 Å². The summed E-state index contributed by atoms with van der Waals surface area (Å²) in [5.74, 6) is 0.242. The number of piperidine rings is 1. The van der Waals surface area contributed by atoms with Crippen LogP contribution in [0.5, 0.6) is 0 Å². The van der Waals surface area contributed by atoms with E-state index < -0.39 is 0 Å². The monoisotopic (exact) mass is 423 g/mol. The molecule has 1 heterocycles. The van der Waals surface area contributed by atoms with E-state index in [9.17, 15) is 4.79 Å². The van der Waals surface area contributed by atoms with Crippen LogP contribution in [0.4, 0.5) is 0 Å². The van der Waals surface area contributed by atoms with Gasteiger partial charge in [0.05, 0.1) is 6.54 Å². The van der Waals surface area contributed by atoms with Crippen molar-refractivity contribution in [2.24, 2.45) is 0 Å². The van der Waals surface area contributed by atoms with E-state index in [2.05, 4.69) is 58.7 Å². The zero-order valence-corrected chi connectivity index (χ0v) is 18.1. The van der Waals surface area contributed by atoms with Crippen LogP contribution >= 0.6 is 24.8 Å². The van der Waals surface area contributed by atoms with Crippen molar-refractivity contribution in [2.45, 2.75) is 32.0 Å². The molecule has 154 valence electrons. The van der Waals surface area contributed by atoms with Gasteiger partial charge in [-0.15, -0.1) is 24.8 Å². The van der Waals surface area contributed by atoms with Crippen molar-refractivity contribution in [1.29, 1.82) is 0 Å². The molecule has 0 aromatic heterocycles. The van der Waals surface area contributed by atoms with Crippen LogP contribution in [0.3, 0.4) is 0 Å². The number of halogens is 2. The zero-order valence-electron chi connectivity index (χ0n) is 16.4. The highest BCUT2D eigenvalue weighted by atomic mass is 35.5. The van der Waals surface area contributed by atoms with Gasteiger partial charge in [-0.05, 0) is 31.0 Å². The fourth-order valence-corrected chi connectivity index (χ4v) is 3.56. The van der Waals surface area contributed by atoms with Crippen molar-refractivity contribution < 1.29 is 4.79 Å². The topological polar surface area (TPSA) is 35.6 Å². The predicted molar refractivity (Wildman–Crippen MR) is 120 cm³/mol. The van der Waals surface area contributed by atoms with E-state index in [1.807, 2.05) is 24.1 Å². The largest absolute Gasteiger partial charge is 0.341 e. The van der Waals surface area contributed by atoms with Gasteiger partial charge in [0.25, 0.3) is 0 Å². The number of hydrogen-bond donors (Lipinski definition) is 1. The van der Waals surface area contributed by atoms with E-state index >= 15 is 0 Å². The molecule has 1 saturated heterocycles. The third-order valence-electron chi connectivity index (χ3n) is 5.11. The molecule has 2 aromatic carbocycles. The first-order valence-electron chi connectivity index (χ1n) is 9.50. The summed E-state index contributed by atoms with van der Waals surface area (Å²) in [6.45, 7) is 3.75. The zero-order chi connectivity index (χ0) is 18.2. The lowest BCUT2D eigenvalue weighted by Crippen LogP contribution is -2.47. The summed E-state index contributed by atoms with van der Waals surface area (Å²) in [6, 6.07) is 21.3. The van der Waals surface area contributed by atoms with Crippen molar-refractivity contribution in [1.82, 2.24) is 15.1 Å². The molecule has 0 atom stereocenters. The van der Waals surface area contributed by atoms with Crippen LogP contribution in [0.15, 0.2) is 60.7 Å². The number of amides is 1. The van der Waals surface area contributed by atoms with E-state index in [0.29, 0.717) is 12.6 Å². The summed E-state index contributed by atoms with van der Waals surface area (Å²) < 4.78 is 0. The molecule has 0 radical (unpaired) electrons. The summed E-state index contributed by atoms with van der Waals surface area (Å²) in [4.78, 5) is 17.1. The Balaban J connectivity index is 0.00000196. The molecule has 1 aliphatic heterocycles. The molecule has 28 heavy (non-hydrogen) atoms. The van der Waals surface area contributed by atoms with Crippen LogP contribution in [-0.4, -0.2) is 48.4 Å². The maximum absolute atomic E-state index is 12.8. The van der Waals surface area contributed by atoms with Crippen LogP contribution in [0.25, 0.3) is 0 Å². The summed E-state index contributed by atoms with van der Waals surface area (Å²) in [7, 11) is 2.00. The van der Waals surface area contributed by atoms with E-state index in [1.165, 1.54) is 11.1 Å². The Morgan fingerprint density at radius 3 is 1.82 bits per heavy atom. The Morgan fingerprint density at radius 2 is 1.39 bits per heavy atom. The van der Waals surface area contributed by atoms with Gasteiger partial charge < -0.3 is 10.2 Å². The minimum Gasteiger partial charge on any atom is -0.341 e. The van der Waals surface area contributed by atoms with Gasteiger partial charge in [0.1, 0.15) is 0 Å². The standard InChI is InChI=1S/C22H29N3O.2ClH/c1-23-21-12-14-25(15-13-21)22(26)18-24(16-19-8-4-2-5-9-19)17-20-10-6-3-7-11-20;;/h2-11,21,23H,12-18H2,1H3;2*1H. The molecule has 1 aliphatic rings. The Labute approximate surface area is 181 Å². The van der Waals surface area contributed by atoms with Gasteiger partial charge in [0.15, 0.2) is 0 Å². The molecule has 1 N–H and O–H groups in total. The molecule has 2 aromatic rings. The van der Waals surface area contributed by atoms with E-state index in [-0.39, 0.29) is 30.7 Å². The normalized spacial score (nSPS) is 14.3. The second kappa shape index (κ2) is 12.8. The minimum atomic E-state index is 0. The third-order valence-corrected chi connectivity index (χ3v) is 5.11. The van der Waals surface area contributed by atoms with Crippen LogP contribution in [0.1, 0.15) is 24.0 Å². The third kappa shape index (κ3) is 7.44. The van der Waals surface area contributed by atoms with Gasteiger partial charge in [-0.3, -0.25) is 9.69 Å². The fraction of sp³-hybridized carbons (Fsp3) is 0.409.